The van der Waals surface area contributed by atoms with Gasteiger partial charge in [-0.15, -0.1) is 6.42 Å². The molecule has 1 heteroatoms. The van der Waals surface area contributed by atoms with Gasteiger partial charge in [0.1, 0.15) is 0 Å². The lowest BCUT2D eigenvalue weighted by atomic mass is 9.74. The third-order valence-electron chi connectivity index (χ3n) is 2.38. The summed E-state index contributed by atoms with van der Waals surface area (Å²) in [5.74, 6) is 2.44. The quantitative estimate of drug-likeness (QED) is 0.624. The van der Waals surface area contributed by atoms with Crippen molar-refractivity contribution in [1.82, 2.24) is 0 Å². The van der Waals surface area contributed by atoms with Crippen LogP contribution in [0.3, 0.4) is 0 Å². The molecule has 0 heterocycles. The van der Waals surface area contributed by atoms with Crippen LogP contribution in [0.15, 0.2) is 12.2 Å². The van der Waals surface area contributed by atoms with E-state index in [9.17, 15) is 5.11 Å². The molecule has 0 spiro atoms. The van der Waals surface area contributed by atoms with Gasteiger partial charge in [-0.3, -0.25) is 0 Å². The van der Waals surface area contributed by atoms with E-state index in [1.807, 2.05) is 20.8 Å². The lowest BCUT2D eigenvalue weighted by Crippen LogP contribution is -2.39. The first-order chi connectivity index (χ1) is 5.20. The minimum absolute atomic E-state index is 0.174. The van der Waals surface area contributed by atoms with Gasteiger partial charge in [-0.1, -0.05) is 33.3 Å². The highest BCUT2D eigenvalue weighted by atomic mass is 16.3. The average Bonchev–Trinajstić information content (AvgIpc) is 1.84. The van der Waals surface area contributed by atoms with E-state index in [-0.39, 0.29) is 5.41 Å². The minimum atomic E-state index is -0.781. The molecule has 0 aromatic rings. The van der Waals surface area contributed by atoms with Crippen LogP contribution in [-0.4, -0.2) is 10.7 Å². The van der Waals surface area contributed by atoms with Crippen LogP contribution in [0.2, 0.25) is 0 Å². The Bertz CT molecular complexity index is 210. The third kappa shape index (κ3) is 2.71. The van der Waals surface area contributed by atoms with Crippen molar-refractivity contribution in [3.05, 3.63) is 12.2 Å². The molecule has 68 valence electrons. The first kappa shape index (κ1) is 11.3. The zero-order valence-corrected chi connectivity index (χ0v) is 8.44. The lowest BCUT2D eigenvalue weighted by Gasteiger charge is -2.37. The molecule has 0 aliphatic heterocycles. The summed E-state index contributed by atoms with van der Waals surface area (Å²) in [6.45, 7) is 11.4. The Labute approximate surface area is 75.5 Å². The zero-order valence-electron chi connectivity index (χ0n) is 8.44. The molecule has 0 saturated carbocycles. The maximum absolute atomic E-state index is 10.00. The maximum atomic E-state index is 10.00. The number of hydrogen-bond acceptors (Lipinski definition) is 1. The van der Waals surface area contributed by atoms with E-state index in [1.54, 1.807) is 6.92 Å². The van der Waals surface area contributed by atoms with E-state index >= 15 is 0 Å². The molecule has 1 N–H and O–H groups in total. The summed E-state index contributed by atoms with van der Waals surface area (Å²) in [6, 6.07) is 0. The molecule has 0 fully saturated rings. The Morgan fingerprint density at radius 3 is 2.08 bits per heavy atom. The maximum Gasteiger partial charge on any atom is 0.0714 e. The largest absolute Gasteiger partial charge is 0.389 e. The second kappa shape index (κ2) is 3.33. The van der Waals surface area contributed by atoms with Gasteiger partial charge < -0.3 is 5.11 Å². The van der Waals surface area contributed by atoms with E-state index in [0.717, 1.165) is 0 Å². The molecule has 0 saturated heterocycles. The first-order valence-electron chi connectivity index (χ1n) is 4.07. The van der Waals surface area contributed by atoms with Crippen molar-refractivity contribution in [2.24, 2.45) is 5.41 Å². The molecular weight excluding hydrogens is 148 g/mol. The standard InChI is InChI=1S/C11H18O/c1-7-9(2)8-11(6,12)10(3,4)5/h1,12H,2,8H2,3-6H3. The number of hydrogen-bond donors (Lipinski definition) is 1. The zero-order chi connectivity index (χ0) is 9.99. The topological polar surface area (TPSA) is 20.2 Å². The van der Waals surface area contributed by atoms with E-state index in [2.05, 4.69) is 12.5 Å². The van der Waals surface area contributed by atoms with Crippen LogP contribution in [0.1, 0.15) is 34.1 Å². The highest BCUT2D eigenvalue weighted by Crippen LogP contribution is 2.34. The fourth-order valence-corrected chi connectivity index (χ4v) is 0.732. The molecule has 0 aliphatic carbocycles. The monoisotopic (exact) mass is 166 g/mol. The van der Waals surface area contributed by atoms with E-state index in [4.69, 9.17) is 6.42 Å². The summed E-state index contributed by atoms with van der Waals surface area (Å²) in [7, 11) is 0. The van der Waals surface area contributed by atoms with Crippen molar-refractivity contribution < 1.29 is 5.11 Å². The van der Waals surface area contributed by atoms with Gasteiger partial charge >= 0.3 is 0 Å². The van der Waals surface area contributed by atoms with Crippen LogP contribution in [0.4, 0.5) is 0 Å². The molecule has 0 aromatic heterocycles. The summed E-state index contributed by atoms with van der Waals surface area (Å²) in [4.78, 5) is 0. The Morgan fingerprint density at radius 1 is 1.42 bits per heavy atom. The summed E-state index contributed by atoms with van der Waals surface area (Å²) < 4.78 is 0. The SMILES string of the molecule is C#CC(=C)CC(C)(O)C(C)(C)C. The minimum Gasteiger partial charge on any atom is -0.389 e. The summed E-state index contributed by atoms with van der Waals surface area (Å²) in [5, 5.41) is 10.00. The van der Waals surface area contributed by atoms with Gasteiger partial charge in [0.15, 0.2) is 0 Å². The predicted octanol–water partition coefficient (Wildman–Crippen LogP) is 2.36. The summed E-state index contributed by atoms with van der Waals surface area (Å²) >= 11 is 0. The Morgan fingerprint density at radius 2 is 1.83 bits per heavy atom. The van der Waals surface area contributed by atoms with Crippen molar-refractivity contribution in [2.45, 2.75) is 39.7 Å². The molecule has 1 nitrogen and oxygen atoms in total. The van der Waals surface area contributed by atoms with Gasteiger partial charge in [0.2, 0.25) is 0 Å². The Hall–Kier alpha value is -0.740. The molecular formula is C11H18O. The van der Waals surface area contributed by atoms with Gasteiger partial charge in [0.25, 0.3) is 0 Å². The molecule has 12 heavy (non-hydrogen) atoms. The van der Waals surface area contributed by atoms with Crippen molar-refractivity contribution in [2.75, 3.05) is 0 Å². The van der Waals surface area contributed by atoms with E-state index in [0.29, 0.717) is 12.0 Å². The van der Waals surface area contributed by atoms with Crippen molar-refractivity contribution >= 4 is 0 Å². The highest BCUT2D eigenvalue weighted by molar-refractivity contribution is 5.23. The second-order valence-electron chi connectivity index (χ2n) is 4.45. The molecule has 0 aromatic carbocycles. The highest BCUT2D eigenvalue weighted by Gasteiger charge is 2.35. The van der Waals surface area contributed by atoms with Crippen LogP contribution >= 0.6 is 0 Å². The molecule has 0 rings (SSSR count). The Balaban J connectivity index is 4.46. The summed E-state index contributed by atoms with van der Waals surface area (Å²) in [5.41, 5.74) is -0.307. The van der Waals surface area contributed by atoms with Crippen LogP contribution in [0, 0.1) is 17.8 Å². The predicted molar refractivity (Wildman–Crippen MR) is 52.7 cm³/mol. The normalized spacial score (nSPS) is 16.3. The van der Waals surface area contributed by atoms with Gasteiger partial charge in [-0.2, -0.15) is 0 Å². The number of terminal acetylenes is 1. The summed E-state index contributed by atoms with van der Waals surface area (Å²) in [6.07, 6.45) is 5.63. The van der Waals surface area contributed by atoms with Crippen LogP contribution in [0.25, 0.3) is 0 Å². The van der Waals surface area contributed by atoms with Gasteiger partial charge in [0, 0.05) is 6.42 Å². The lowest BCUT2D eigenvalue weighted by molar-refractivity contribution is -0.0395. The molecule has 1 atom stereocenters. The molecule has 0 radical (unpaired) electrons. The smallest absolute Gasteiger partial charge is 0.0714 e. The van der Waals surface area contributed by atoms with Crippen LogP contribution < -0.4 is 0 Å². The van der Waals surface area contributed by atoms with Gasteiger partial charge in [0.05, 0.1) is 5.60 Å². The fourth-order valence-electron chi connectivity index (χ4n) is 0.732. The molecule has 1 unspecified atom stereocenters. The fraction of sp³-hybridized carbons (Fsp3) is 0.636. The van der Waals surface area contributed by atoms with E-state index < -0.39 is 5.60 Å². The second-order valence-corrected chi connectivity index (χ2v) is 4.45. The Kier molecular flexibility index (Phi) is 3.12. The van der Waals surface area contributed by atoms with Gasteiger partial charge in [-0.25, -0.2) is 0 Å². The number of rotatable bonds is 2. The first-order valence-corrected chi connectivity index (χ1v) is 4.07. The van der Waals surface area contributed by atoms with Crippen molar-refractivity contribution in [3.8, 4) is 12.3 Å². The number of aliphatic hydroxyl groups is 1. The van der Waals surface area contributed by atoms with Crippen molar-refractivity contribution in [3.63, 3.8) is 0 Å². The van der Waals surface area contributed by atoms with E-state index in [1.165, 1.54) is 0 Å². The molecule has 0 bridgehead atoms. The van der Waals surface area contributed by atoms with Gasteiger partial charge in [-0.05, 0) is 17.9 Å². The third-order valence-corrected chi connectivity index (χ3v) is 2.38. The van der Waals surface area contributed by atoms with Crippen molar-refractivity contribution in [1.29, 1.82) is 0 Å². The average molecular weight is 166 g/mol. The molecule has 0 amide bonds. The molecule has 0 aliphatic rings. The van der Waals surface area contributed by atoms with Crippen LogP contribution in [-0.2, 0) is 0 Å². The van der Waals surface area contributed by atoms with Crippen LogP contribution in [0.5, 0.6) is 0 Å².